The molecular formula is C16H15NO. The van der Waals surface area contributed by atoms with Gasteiger partial charge in [-0.2, -0.15) is 0 Å². The second-order valence-electron chi connectivity index (χ2n) is 4.81. The van der Waals surface area contributed by atoms with E-state index >= 15 is 0 Å². The first-order valence-electron chi connectivity index (χ1n) is 6.25. The number of amides is 1. The third-order valence-corrected chi connectivity index (χ3v) is 3.44. The second kappa shape index (κ2) is 4.30. The summed E-state index contributed by atoms with van der Waals surface area (Å²) >= 11 is 0. The Morgan fingerprint density at radius 3 is 2.56 bits per heavy atom. The maximum absolute atomic E-state index is 11.4. The Balaban J connectivity index is 2.08. The van der Waals surface area contributed by atoms with Gasteiger partial charge in [0.15, 0.2) is 0 Å². The molecule has 2 N–H and O–H groups in total. The first kappa shape index (κ1) is 11.0. The lowest BCUT2D eigenvalue weighted by molar-refractivity contribution is 0.100. The predicted molar refractivity (Wildman–Crippen MR) is 72.4 cm³/mol. The number of carbonyl (C=O) groups excluding carboxylic acids is 1. The van der Waals surface area contributed by atoms with E-state index in [0.717, 1.165) is 11.1 Å². The van der Waals surface area contributed by atoms with E-state index in [1.807, 2.05) is 24.3 Å². The zero-order valence-electron chi connectivity index (χ0n) is 10.1. The van der Waals surface area contributed by atoms with Gasteiger partial charge in [0.25, 0.3) is 0 Å². The van der Waals surface area contributed by atoms with Gasteiger partial charge in [0.2, 0.25) is 5.91 Å². The lowest BCUT2D eigenvalue weighted by atomic mass is 9.97. The Kier molecular flexibility index (Phi) is 2.63. The van der Waals surface area contributed by atoms with Crippen molar-refractivity contribution in [2.75, 3.05) is 0 Å². The minimum atomic E-state index is -0.373. The highest BCUT2D eigenvalue weighted by Crippen LogP contribution is 2.41. The zero-order chi connectivity index (χ0) is 12.5. The summed E-state index contributed by atoms with van der Waals surface area (Å²) in [6.45, 7) is 0. The Bertz CT molecular complexity index is 600. The zero-order valence-corrected chi connectivity index (χ0v) is 10.1. The molecule has 18 heavy (non-hydrogen) atoms. The number of rotatable bonds is 3. The number of benzene rings is 2. The molecule has 0 aliphatic heterocycles. The van der Waals surface area contributed by atoms with Crippen LogP contribution in [-0.4, -0.2) is 5.91 Å². The highest BCUT2D eigenvalue weighted by atomic mass is 16.1. The second-order valence-corrected chi connectivity index (χ2v) is 4.81. The topological polar surface area (TPSA) is 43.1 Å². The smallest absolute Gasteiger partial charge is 0.249 e. The molecule has 2 aromatic rings. The van der Waals surface area contributed by atoms with Crippen molar-refractivity contribution in [2.45, 2.75) is 18.8 Å². The molecule has 1 saturated carbocycles. The predicted octanol–water partition coefficient (Wildman–Crippen LogP) is 3.33. The molecule has 2 aromatic carbocycles. The Hall–Kier alpha value is -2.09. The molecule has 0 spiro atoms. The number of hydrogen-bond acceptors (Lipinski definition) is 1. The molecule has 0 atom stereocenters. The van der Waals surface area contributed by atoms with E-state index < -0.39 is 0 Å². The number of carbonyl (C=O) groups is 1. The molecule has 0 aromatic heterocycles. The van der Waals surface area contributed by atoms with E-state index in [-0.39, 0.29) is 5.91 Å². The SMILES string of the molecule is NC(=O)c1ccccc1-c1cccc(C2CC2)c1. The first-order valence-corrected chi connectivity index (χ1v) is 6.25. The summed E-state index contributed by atoms with van der Waals surface area (Å²) in [7, 11) is 0. The summed E-state index contributed by atoms with van der Waals surface area (Å²) in [6.07, 6.45) is 2.56. The van der Waals surface area contributed by atoms with Crippen molar-refractivity contribution in [3.05, 3.63) is 59.7 Å². The van der Waals surface area contributed by atoms with Gasteiger partial charge in [-0.1, -0.05) is 42.5 Å². The standard InChI is InChI=1S/C16H15NO/c17-16(18)15-7-2-1-6-14(15)13-5-3-4-12(10-13)11-8-9-11/h1-7,10-11H,8-9H2,(H2,17,18). The fourth-order valence-corrected chi connectivity index (χ4v) is 2.33. The van der Waals surface area contributed by atoms with E-state index in [0.29, 0.717) is 11.5 Å². The van der Waals surface area contributed by atoms with E-state index in [9.17, 15) is 4.79 Å². The molecular weight excluding hydrogens is 222 g/mol. The molecule has 2 nitrogen and oxygen atoms in total. The van der Waals surface area contributed by atoms with Gasteiger partial charge in [0.1, 0.15) is 0 Å². The summed E-state index contributed by atoms with van der Waals surface area (Å²) in [5.74, 6) is 0.341. The van der Waals surface area contributed by atoms with Crippen molar-refractivity contribution in [3.8, 4) is 11.1 Å². The number of nitrogens with two attached hydrogens (primary N) is 1. The van der Waals surface area contributed by atoms with Gasteiger partial charge in [0, 0.05) is 5.56 Å². The third-order valence-electron chi connectivity index (χ3n) is 3.44. The summed E-state index contributed by atoms with van der Waals surface area (Å²) in [4.78, 5) is 11.4. The van der Waals surface area contributed by atoms with Crippen molar-refractivity contribution in [1.82, 2.24) is 0 Å². The van der Waals surface area contributed by atoms with Gasteiger partial charge in [0.05, 0.1) is 0 Å². The highest BCUT2D eigenvalue weighted by Gasteiger charge is 2.23. The molecule has 0 radical (unpaired) electrons. The van der Waals surface area contributed by atoms with Gasteiger partial charge < -0.3 is 5.73 Å². The average molecular weight is 237 g/mol. The van der Waals surface area contributed by atoms with Gasteiger partial charge in [-0.3, -0.25) is 4.79 Å². The fraction of sp³-hybridized carbons (Fsp3) is 0.188. The van der Waals surface area contributed by atoms with Gasteiger partial charge in [-0.15, -0.1) is 0 Å². The van der Waals surface area contributed by atoms with Crippen LogP contribution in [0.4, 0.5) is 0 Å². The van der Waals surface area contributed by atoms with Crippen molar-refractivity contribution >= 4 is 5.91 Å². The monoisotopic (exact) mass is 237 g/mol. The molecule has 3 rings (SSSR count). The van der Waals surface area contributed by atoms with Crippen LogP contribution in [0.25, 0.3) is 11.1 Å². The van der Waals surface area contributed by atoms with E-state index in [1.54, 1.807) is 6.07 Å². The maximum Gasteiger partial charge on any atom is 0.249 e. The normalized spacial score (nSPS) is 14.4. The van der Waals surface area contributed by atoms with E-state index in [2.05, 4.69) is 18.2 Å². The van der Waals surface area contributed by atoms with Crippen LogP contribution in [0.2, 0.25) is 0 Å². The Labute approximate surface area is 106 Å². The molecule has 1 fully saturated rings. The Morgan fingerprint density at radius 1 is 1.06 bits per heavy atom. The third kappa shape index (κ3) is 2.02. The van der Waals surface area contributed by atoms with Crippen LogP contribution in [0, 0.1) is 0 Å². The van der Waals surface area contributed by atoms with E-state index in [1.165, 1.54) is 18.4 Å². The molecule has 1 aliphatic rings. The quantitative estimate of drug-likeness (QED) is 0.874. The molecule has 0 heterocycles. The summed E-state index contributed by atoms with van der Waals surface area (Å²) < 4.78 is 0. The fourth-order valence-electron chi connectivity index (χ4n) is 2.33. The van der Waals surface area contributed by atoms with E-state index in [4.69, 9.17) is 5.73 Å². The first-order chi connectivity index (χ1) is 8.75. The lowest BCUT2D eigenvalue weighted by Crippen LogP contribution is -2.12. The minimum absolute atomic E-state index is 0.373. The van der Waals surface area contributed by atoms with Crippen LogP contribution < -0.4 is 5.73 Å². The van der Waals surface area contributed by atoms with Crippen molar-refractivity contribution in [2.24, 2.45) is 5.73 Å². The summed E-state index contributed by atoms with van der Waals surface area (Å²) in [5, 5.41) is 0. The molecule has 0 unspecified atom stereocenters. The summed E-state index contributed by atoms with van der Waals surface area (Å²) in [5.41, 5.74) is 9.38. The summed E-state index contributed by atoms with van der Waals surface area (Å²) in [6, 6.07) is 15.9. The van der Waals surface area contributed by atoms with Gasteiger partial charge in [-0.25, -0.2) is 0 Å². The maximum atomic E-state index is 11.4. The number of hydrogen-bond donors (Lipinski definition) is 1. The number of primary amides is 1. The van der Waals surface area contributed by atoms with Crippen LogP contribution in [-0.2, 0) is 0 Å². The van der Waals surface area contributed by atoms with Crippen molar-refractivity contribution in [1.29, 1.82) is 0 Å². The van der Waals surface area contributed by atoms with Crippen LogP contribution >= 0.6 is 0 Å². The lowest BCUT2D eigenvalue weighted by Gasteiger charge is -2.08. The molecule has 0 saturated heterocycles. The van der Waals surface area contributed by atoms with Gasteiger partial charge in [-0.05, 0) is 41.5 Å². The highest BCUT2D eigenvalue weighted by molar-refractivity contribution is 5.99. The average Bonchev–Trinajstić information content (AvgIpc) is 3.23. The van der Waals surface area contributed by atoms with Crippen LogP contribution in [0.1, 0.15) is 34.7 Å². The van der Waals surface area contributed by atoms with Crippen LogP contribution in [0.5, 0.6) is 0 Å². The van der Waals surface area contributed by atoms with Gasteiger partial charge >= 0.3 is 0 Å². The van der Waals surface area contributed by atoms with Crippen LogP contribution in [0.3, 0.4) is 0 Å². The van der Waals surface area contributed by atoms with Crippen molar-refractivity contribution < 1.29 is 4.79 Å². The minimum Gasteiger partial charge on any atom is -0.366 e. The largest absolute Gasteiger partial charge is 0.366 e. The van der Waals surface area contributed by atoms with Crippen LogP contribution in [0.15, 0.2) is 48.5 Å². The molecule has 1 aliphatic carbocycles. The van der Waals surface area contributed by atoms with Crippen molar-refractivity contribution in [3.63, 3.8) is 0 Å². The molecule has 0 bridgehead atoms. The Morgan fingerprint density at radius 2 is 1.83 bits per heavy atom. The molecule has 2 heteroatoms. The molecule has 1 amide bonds. The molecule has 90 valence electrons.